The van der Waals surface area contributed by atoms with E-state index in [9.17, 15) is 15.0 Å². The number of esters is 1. The molecular formula is C29H48O5. The molecule has 5 nitrogen and oxygen atoms in total. The van der Waals surface area contributed by atoms with E-state index in [4.69, 9.17) is 9.47 Å². The molecule has 5 heteroatoms. The van der Waals surface area contributed by atoms with Gasteiger partial charge in [0.25, 0.3) is 0 Å². The maximum atomic E-state index is 12.2. The molecule has 0 aromatic rings. The first-order valence-corrected chi connectivity index (χ1v) is 13.8. The molecule has 5 aliphatic carbocycles. The van der Waals surface area contributed by atoms with Crippen molar-refractivity contribution in [3.05, 3.63) is 0 Å². The second kappa shape index (κ2) is 7.68. The van der Waals surface area contributed by atoms with Crippen LogP contribution in [0.3, 0.4) is 0 Å². The van der Waals surface area contributed by atoms with Crippen molar-refractivity contribution in [1.29, 1.82) is 0 Å². The molecule has 0 amide bonds. The number of carbonyl (C=O) groups is 1. The fourth-order valence-corrected chi connectivity index (χ4v) is 11.2. The van der Waals surface area contributed by atoms with Crippen LogP contribution in [0.25, 0.3) is 0 Å². The number of ether oxygens (including phenoxy) is 2. The van der Waals surface area contributed by atoms with Crippen LogP contribution in [0.5, 0.6) is 0 Å². The van der Waals surface area contributed by atoms with Crippen molar-refractivity contribution in [2.45, 2.75) is 111 Å². The Balaban J connectivity index is 1.44. The average molecular weight is 477 g/mol. The van der Waals surface area contributed by atoms with E-state index in [2.05, 4.69) is 34.6 Å². The van der Waals surface area contributed by atoms with Crippen LogP contribution >= 0.6 is 0 Å². The van der Waals surface area contributed by atoms with E-state index in [1.54, 1.807) is 7.11 Å². The third-order valence-corrected chi connectivity index (χ3v) is 13.3. The minimum atomic E-state index is -0.541. The second-order valence-corrected chi connectivity index (χ2v) is 14.1. The summed E-state index contributed by atoms with van der Waals surface area (Å²) >= 11 is 0. The third kappa shape index (κ3) is 2.81. The summed E-state index contributed by atoms with van der Waals surface area (Å²) in [7, 11) is 3.01. The molecule has 0 aromatic heterocycles. The Morgan fingerprint density at radius 3 is 2.24 bits per heavy atom. The molecule has 0 radical (unpaired) electrons. The summed E-state index contributed by atoms with van der Waals surface area (Å²) in [6.07, 6.45) is 8.59. The molecule has 0 heterocycles. The minimum absolute atomic E-state index is 0.0111. The summed E-state index contributed by atoms with van der Waals surface area (Å²) < 4.78 is 10.5. The van der Waals surface area contributed by atoms with Gasteiger partial charge in [0, 0.05) is 12.5 Å². The zero-order valence-corrected chi connectivity index (χ0v) is 22.5. The summed E-state index contributed by atoms with van der Waals surface area (Å²) in [5.74, 6) is 1.48. The smallest absolute Gasteiger partial charge is 0.334 e. The first-order chi connectivity index (χ1) is 15.9. The SMILES string of the molecule is COC(=O)C(C[C@@H](C)[C@H]1C[C@H](O)[C@@]2(C)C3CC[C@H]4C(C)(C)C(O)CCC45CC35CCC12C)OC. The zero-order chi connectivity index (χ0) is 24.9. The van der Waals surface area contributed by atoms with E-state index in [-0.39, 0.29) is 40.3 Å². The molecule has 2 spiro atoms. The maximum absolute atomic E-state index is 12.2. The summed E-state index contributed by atoms with van der Waals surface area (Å²) in [6, 6.07) is 0. The van der Waals surface area contributed by atoms with Gasteiger partial charge in [-0.25, -0.2) is 4.79 Å². The normalized spacial score (nSPS) is 52.4. The largest absolute Gasteiger partial charge is 0.467 e. The van der Waals surface area contributed by atoms with Gasteiger partial charge < -0.3 is 19.7 Å². The van der Waals surface area contributed by atoms with E-state index in [0.29, 0.717) is 35.0 Å². The molecule has 5 fully saturated rings. The standard InChI is InChI=1S/C29H48O5/c1-17(14-19(33-6)24(32)34-7)18-15-23(31)27(5)21-9-8-20-25(2,3)22(30)10-11-28(20)16-29(21,28)13-12-26(18,27)4/h17-23,30-31H,8-16H2,1-7H3/t17-,18-,19?,20+,21?,22?,23+,26?,27-,28?,29?/m1/s1. The van der Waals surface area contributed by atoms with E-state index in [1.165, 1.54) is 32.8 Å². The highest BCUT2D eigenvalue weighted by Crippen LogP contribution is 2.89. The molecule has 6 unspecified atom stereocenters. The van der Waals surface area contributed by atoms with Crippen molar-refractivity contribution in [3.8, 4) is 0 Å². The molecule has 5 saturated carbocycles. The quantitative estimate of drug-likeness (QED) is 0.548. The van der Waals surface area contributed by atoms with Gasteiger partial charge >= 0.3 is 5.97 Å². The highest BCUT2D eigenvalue weighted by molar-refractivity contribution is 5.74. The number of aliphatic hydroxyl groups excluding tert-OH is 2. The topological polar surface area (TPSA) is 76.0 Å². The summed E-state index contributed by atoms with van der Waals surface area (Å²) in [5, 5.41) is 22.6. The summed E-state index contributed by atoms with van der Waals surface area (Å²) in [5.41, 5.74) is 0.659. The van der Waals surface area contributed by atoms with Crippen LogP contribution in [0.2, 0.25) is 0 Å². The predicted octanol–water partition coefficient (Wildman–Crippen LogP) is 4.97. The molecule has 5 aliphatic rings. The van der Waals surface area contributed by atoms with Crippen LogP contribution in [0.4, 0.5) is 0 Å². The molecule has 11 atom stereocenters. The van der Waals surface area contributed by atoms with Gasteiger partial charge in [0.05, 0.1) is 19.3 Å². The first kappa shape index (κ1) is 25.0. The fraction of sp³-hybridized carbons (Fsp3) is 0.966. The van der Waals surface area contributed by atoms with Gasteiger partial charge in [0.2, 0.25) is 0 Å². The van der Waals surface area contributed by atoms with Crippen LogP contribution in [0, 0.1) is 50.7 Å². The van der Waals surface area contributed by atoms with Crippen molar-refractivity contribution in [3.63, 3.8) is 0 Å². The maximum Gasteiger partial charge on any atom is 0.334 e. The zero-order valence-electron chi connectivity index (χ0n) is 22.5. The van der Waals surface area contributed by atoms with Gasteiger partial charge in [0.1, 0.15) is 0 Å². The van der Waals surface area contributed by atoms with Gasteiger partial charge in [-0.3, -0.25) is 0 Å². The molecule has 34 heavy (non-hydrogen) atoms. The lowest BCUT2D eigenvalue weighted by molar-refractivity contribution is -0.182. The van der Waals surface area contributed by atoms with Crippen molar-refractivity contribution >= 4 is 5.97 Å². The van der Waals surface area contributed by atoms with E-state index >= 15 is 0 Å². The number of carbonyl (C=O) groups excluding carboxylic acids is 1. The van der Waals surface area contributed by atoms with Crippen LogP contribution in [-0.4, -0.2) is 48.7 Å². The van der Waals surface area contributed by atoms with Gasteiger partial charge in [-0.2, -0.15) is 0 Å². The second-order valence-electron chi connectivity index (χ2n) is 14.1. The lowest BCUT2D eigenvalue weighted by atomic mass is 9.41. The average Bonchev–Trinajstić information content (AvgIpc) is 3.42. The molecule has 2 N–H and O–H groups in total. The number of hydrogen-bond donors (Lipinski definition) is 2. The highest BCUT2D eigenvalue weighted by Gasteiger charge is 2.83. The van der Waals surface area contributed by atoms with Crippen LogP contribution in [-0.2, 0) is 14.3 Å². The monoisotopic (exact) mass is 476 g/mol. The Hall–Kier alpha value is -0.650. The molecule has 0 saturated heterocycles. The van der Waals surface area contributed by atoms with Gasteiger partial charge in [0.15, 0.2) is 6.10 Å². The number of hydrogen-bond acceptors (Lipinski definition) is 5. The van der Waals surface area contributed by atoms with Crippen LogP contribution in [0.15, 0.2) is 0 Å². The Labute approximate surface area is 206 Å². The van der Waals surface area contributed by atoms with Crippen LogP contribution in [0.1, 0.15) is 92.4 Å². The fourth-order valence-electron chi connectivity index (χ4n) is 11.2. The Kier molecular flexibility index (Phi) is 5.65. The van der Waals surface area contributed by atoms with E-state index in [0.717, 1.165) is 25.7 Å². The lowest BCUT2D eigenvalue weighted by Gasteiger charge is -2.63. The summed E-state index contributed by atoms with van der Waals surface area (Å²) in [6.45, 7) is 11.7. The van der Waals surface area contributed by atoms with Crippen molar-refractivity contribution in [2.75, 3.05) is 14.2 Å². The molecule has 194 valence electrons. The van der Waals surface area contributed by atoms with Crippen molar-refractivity contribution < 1.29 is 24.5 Å². The molecule has 0 bridgehead atoms. The number of methoxy groups -OCH3 is 2. The molecular weight excluding hydrogens is 428 g/mol. The molecule has 5 rings (SSSR count). The van der Waals surface area contributed by atoms with Gasteiger partial charge in [-0.05, 0) is 103 Å². The minimum Gasteiger partial charge on any atom is -0.467 e. The Morgan fingerprint density at radius 1 is 0.941 bits per heavy atom. The summed E-state index contributed by atoms with van der Waals surface area (Å²) in [4.78, 5) is 12.2. The number of fused-ring (bicyclic) bond motifs is 2. The van der Waals surface area contributed by atoms with Gasteiger partial charge in [-0.15, -0.1) is 0 Å². The molecule has 0 aromatic carbocycles. The third-order valence-electron chi connectivity index (χ3n) is 13.3. The Morgan fingerprint density at radius 2 is 1.59 bits per heavy atom. The van der Waals surface area contributed by atoms with Crippen molar-refractivity contribution in [2.24, 2.45) is 50.7 Å². The molecule has 0 aliphatic heterocycles. The van der Waals surface area contributed by atoms with Gasteiger partial charge in [-0.1, -0.05) is 34.6 Å². The number of rotatable bonds is 5. The van der Waals surface area contributed by atoms with Crippen molar-refractivity contribution in [1.82, 2.24) is 0 Å². The van der Waals surface area contributed by atoms with E-state index in [1.807, 2.05) is 0 Å². The lowest BCUT2D eigenvalue weighted by Crippen LogP contribution is -2.59. The highest BCUT2D eigenvalue weighted by atomic mass is 16.6. The predicted molar refractivity (Wildman–Crippen MR) is 131 cm³/mol. The number of aliphatic hydroxyl groups is 2. The first-order valence-electron chi connectivity index (χ1n) is 13.8. The van der Waals surface area contributed by atoms with E-state index < -0.39 is 6.10 Å². The van der Waals surface area contributed by atoms with Crippen LogP contribution < -0.4 is 0 Å². The Bertz CT molecular complexity index is 840.